The highest BCUT2D eigenvalue weighted by Crippen LogP contribution is 2.42. The molecule has 2 unspecified atom stereocenters. The molecule has 1 spiro atoms. The molecule has 2 fully saturated rings. The number of aryl methyl sites for hydroxylation is 1. The minimum Gasteiger partial charge on any atom is -0.387 e. The van der Waals surface area contributed by atoms with E-state index in [1.807, 2.05) is 13.1 Å². The largest absolute Gasteiger partial charge is 0.387 e. The summed E-state index contributed by atoms with van der Waals surface area (Å²) in [6.07, 6.45) is 5.21. The maximum absolute atomic E-state index is 10.6. The van der Waals surface area contributed by atoms with Crippen LogP contribution in [0, 0.1) is 12.8 Å². The quantitative estimate of drug-likeness (QED) is 0.906. The average molecular weight is 283 g/mol. The lowest BCUT2D eigenvalue weighted by Gasteiger charge is -2.44. The van der Waals surface area contributed by atoms with E-state index in [1.54, 1.807) is 11.3 Å². The van der Waals surface area contributed by atoms with Crippen molar-refractivity contribution in [3.8, 4) is 0 Å². The Labute approximate surface area is 117 Å². The number of aliphatic hydroxyl groups is 1. The molecule has 0 saturated carbocycles. The SMILES string of the molecule is Cc1ncc(C(O)C2CCOC3(CCOCC3)C2)s1. The predicted octanol–water partition coefficient (Wildman–Crippen LogP) is 2.46. The van der Waals surface area contributed by atoms with Gasteiger partial charge in [-0.25, -0.2) is 4.98 Å². The Morgan fingerprint density at radius 3 is 2.89 bits per heavy atom. The first-order valence-corrected chi connectivity index (χ1v) is 7.82. The van der Waals surface area contributed by atoms with Crippen molar-refractivity contribution in [3.05, 3.63) is 16.1 Å². The maximum Gasteiger partial charge on any atom is 0.0928 e. The van der Waals surface area contributed by atoms with Crippen LogP contribution >= 0.6 is 11.3 Å². The van der Waals surface area contributed by atoms with Gasteiger partial charge < -0.3 is 14.6 Å². The second-order valence-corrected chi connectivity index (χ2v) is 6.89. The van der Waals surface area contributed by atoms with Gasteiger partial charge in [0, 0.05) is 26.0 Å². The summed E-state index contributed by atoms with van der Waals surface area (Å²) in [4.78, 5) is 5.24. The Morgan fingerprint density at radius 2 is 2.21 bits per heavy atom. The highest BCUT2D eigenvalue weighted by molar-refractivity contribution is 7.11. The molecule has 2 aliphatic heterocycles. The van der Waals surface area contributed by atoms with Crippen molar-refractivity contribution < 1.29 is 14.6 Å². The van der Waals surface area contributed by atoms with Crippen molar-refractivity contribution in [3.63, 3.8) is 0 Å². The molecule has 19 heavy (non-hydrogen) atoms. The molecule has 2 aliphatic rings. The standard InChI is InChI=1S/C14H21NO3S/c1-10-15-9-12(19-10)13(16)11-2-5-18-14(8-11)3-6-17-7-4-14/h9,11,13,16H,2-8H2,1H3. The molecule has 106 valence electrons. The van der Waals surface area contributed by atoms with Crippen molar-refractivity contribution in [2.24, 2.45) is 5.92 Å². The molecule has 0 aliphatic carbocycles. The van der Waals surface area contributed by atoms with E-state index in [9.17, 15) is 5.11 Å². The third-order valence-electron chi connectivity index (χ3n) is 4.31. The number of aromatic nitrogens is 1. The number of aliphatic hydroxyl groups excluding tert-OH is 1. The molecule has 5 heteroatoms. The van der Waals surface area contributed by atoms with Crippen LogP contribution in [-0.4, -0.2) is 35.5 Å². The minimum atomic E-state index is -0.394. The molecule has 0 amide bonds. The van der Waals surface area contributed by atoms with Crippen LogP contribution in [0.4, 0.5) is 0 Å². The summed E-state index contributed by atoms with van der Waals surface area (Å²) in [5, 5.41) is 11.6. The first kappa shape index (κ1) is 13.5. The van der Waals surface area contributed by atoms with Crippen LogP contribution in [0.3, 0.4) is 0 Å². The van der Waals surface area contributed by atoms with Gasteiger partial charge in [0.25, 0.3) is 0 Å². The summed E-state index contributed by atoms with van der Waals surface area (Å²) in [5.41, 5.74) is -0.0537. The van der Waals surface area contributed by atoms with Crippen molar-refractivity contribution in [1.29, 1.82) is 0 Å². The van der Waals surface area contributed by atoms with Crippen LogP contribution in [0.2, 0.25) is 0 Å². The lowest BCUT2D eigenvalue weighted by atomic mass is 9.78. The Hall–Kier alpha value is -0.490. The van der Waals surface area contributed by atoms with Gasteiger partial charge in [-0.05, 0) is 38.5 Å². The molecule has 4 nitrogen and oxygen atoms in total. The van der Waals surface area contributed by atoms with Crippen LogP contribution in [0.1, 0.15) is 41.7 Å². The van der Waals surface area contributed by atoms with Gasteiger partial charge in [0.15, 0.2) is 0 Å². The van der Waals surface area contributed by atoms with Gasteiger partial charge in [-0.3, -0.25) is 0 Å². The van der Waals surface area contributed by atoms with Gasteiger partial charge in [-0.2, -0.15) is 0 Å². The van der Waals surface area contributed by atoms with E-state index in [0.29, 0.717) is 0 Å². The summed E-state index contributed by atoms with van der Waals surface area (Å²) >= 11 is 1.60. The second-order valence-electron chi connectivity index (χ2n) is 5.62. The number of ether oxygens (including phenoxy) is 2. The van der Waals surface area contributed by atoms with Gasteiger partial charge in [0.2, 0.25) is 0 Å². The summed E-state index contributed by atoms with van der Waals surface area (Å²) in [6.45, 7) is 4.29. The van der Waals surface area contributed by atoms with Gasteiger partial charge in [0.05, 0.1) is 21.6 Å². The van der Waals surface area contributed by atoms with E-state index in [1.165, 1.54) is 0 Å². The third kappa shape index (κ3) is 2.84. The molecule has 1 aromatic rings. The second kappa shape index (κ2) is 5.48. The summed E-state index contributed by atoms with van der Waals surface area (Å²) < 4.78 is 11.5. The van der Waals surface area contributed by atoms with Gasteiger partial charge in [-0.15, -0.1) is 11.3 Å². The summed E-state index contributed by atoms with van der Waals surface area (Å²) in [6, 6.07) is 0. The molecule has 3 heterocycles. The fourth-order valence-corrected chi connectivity index (χ4v) is 4.04. The first-order chi connectivity index (χ1) is 9.19. The van der Waals surface area contributed by atoms with Gasteiger partial charge >= 0.3 is 0 Å². The number of hydrogen-bond acceptors (Lipinski definition) is 5. The van der Waals surface area contributed by atoms with E-state index >= 15 is 0 Å². The zero-order valence-electron chi connectivity index (χ0n) is 11.3. The number of rotatable bonds is 2. The molecule has 2 saturated heterocycles. The molecule has 0 radical (unpaired) electrons. The lowest BCUT2D eigenvalue weighted by molar-refractivity contribution is -0.158. The highest BCUT2D eigenvalue weighted by Gasteiger charge is 2.41. The molecule has 0 aromatic carbocycles. The van der Waals surface area contributed by atoms with Crippen molar-refractivity contribution in [2.75, 3.05) is 19.8 Å². The third-order valence-corrected chi connectivity index (χ3v) is 5.30. The summed E-state index contributed by atoms with van der Waals surface area (Å²) in [5.74, 6) is 0.284. The van der Waals surface area contributed by atoms with Crippen molar-refractivity contribution in [2.45, 2.75) is 44.3 Å². The van der Waals surface area contributed by atoms with Crippen LogP contribution in [-0.2, 0) is 9.47 Å². The van der Waals surface area contributed by atoms with E-state index in [0.717, 1.165) is 55.4 Å². The van der Waals surface area contributed by atoms with Crippen LogP contribution in [0.15, 0.2) is 6.20 Å². The maximum atomic E-state index is 10.6. The normalized spacial score (nSPS) is 28.4. The Kier molecular flexibility index (Phi) is 3.89. The lowest BCUT2D eigenvalue weighted by Crippen LogP contribution is -2.45. The molecule has 1 N–H and O–H groups in total. The van der Waals surface area contributed by atoms with E-state index in [2.05, 4.69) is 4.98 Å². The Balaban J connectivity index is 1.70. The first-order valence-electron chi connectivity index (χ1n) is 7.01. The molecular formula is C14H21NO3S. The zero-order chi connectivity index (χ0) is 13.3. The predicted molar refractivity (Wildman–Crippen MR) is 73.3 cm³/mol. The highest BCUT2D eigenvalue weighted by atomic mass is 32.1. The molecule has 0 bridgehead atoms. The van der Waals surface area contributed by atoms with E-state index in [-0.39, 0.29) is 11.5 Å². The molecule has 1 aromatic heterocycles. The average Bonchev–Trinajstić information content (AvgIpc) is 2.85. The Bertz CT molecular complexity index is 423. The fourth-order valence-electron chi connectivity index (χ4n) is 3.17. The molecule has 2 atom stereocenters. The van der Waals surface area contributed by atoms with Gasteiger partial charge in [0.1, 0.15) is 0 Å². The number of nitrogens with zero attached hydrogens (tertiary/aromatic N) is 1. The minimum absolute atomic E-state index is 0.0537. The van der Waals surface area contributed by atoms with Crippen LogP contribution in [0.25, 0.3) is 0 Å². The monoisotopic (exact) mass is 283 g/mol. The number of thiazole rings is 1. The zero-order valence-corrected chi connectivity index (χ0v) is 12.1. The summed E-state index contributed by atoms with van der Waals surface area (Å²) in [7, 11) is 0. The van der Waals surface area contributed by atoms with E-state index < -0.39 is 6.10 Å². The Morgan fingerprint density at radius 1 is 1.42 bits per heavy atom. The van der Waals surface area contributed by atoms with Crippen molar-refractivity contribution in [1.82, 2.24) is 4.98 Å². The molecular weight excluding hydrogens is 262 g/mol. The topological polar surface area (TPSA) is 51.6 Å². The van der Waals surface area contributed by atoms with Crippen LogP contribution in [0.5, 0.6) is 0 Å². The van der Waals surface area contributed by atoms with Crippen molar-refractivity contribution >= 4 is 11.3 Å². The van der Waals surface area contributed by atoms with Gasteiger partial charge in [-0.1, -0.05) is 0 Å². The van der Waals surface area contributed by atoms with E-state index in [4.69, 9.17) is 9.47 Å². The van der Waals surface area contributed by atoms with Crippen LogP contribution < -0.4 is 0 Å². The fraction of sp³-hybridized carbons (Fsp3) is 0.786. The number of hydrogen-bond donors (Lipinski definition) is 1. The smallest absolute Gasteiger partial charge is 0.0928 e. The molecule has 3 rings (SSSR count).